The number of carbonyl (C=O) groups is 1. The molecule has 0 aliphatic rings. The van der Waals surface area contributed by atoms with Crippen LogP contribution in [0, 0.1) is 6.92 Å². The lowest BCUT2D eigenvalue weighted by molar-refractivity contribution is 0.0955. The molecule has 0 aromatic heterocycles. The predicted octanol–water partition coefficient (Wildman–Crippen LogP) is 2.17. The number of phenols is 2. The van der Waals surface area contributed by atoms with Crippen LogP contribution >= 0.6 is 0 Å². The number of phenolic OH excluding ortho intramolecular Hbond substituents is 2. The summed E-state index contributed by atoms with van der Waals surface area (Å²) in [4.78, 5) is 11.8. The second-order valence-corrected chi connectivity index (χ2v) is 4.31. The molecule has 0 spiro atoms. The number of nitrogens with one attached hydrogen (secondary N) is 1. The Hall–Kier alpha value is -2.82. The molecule has 2 aromatic carbocycles. The van der Waals surface area contributed by atoms with Crippen LogP contribution in [0.25, 0.3) is 0 Å². The molecule has 0 fully saturated rings. The van der Waals surface area contributed by atoms with Gasteiger partial charge in [0.25, 0.3) is 5.91 Å². The van der Waals surface area contributed by atoms with E-state index in [1.54, 1.807) is 18.2 Å². The average Bonchev–Trinajstić information content (AvgIpc) is 2.43. The first kappa shape index (κ1) is 13.6. The third-order valence-electron chi connectivity index (χ3n) is 2.69. The lowest BCUT2D eigenvalue weighted by atomic mass is 10.1. The summed E-state index contributed by atoms with van der Waals surface area (Å²) in [5.74, 6) is -0.756. The predicted molar refractivity (Wildman–Crippen MR) is 76.0 cm³/mol. The fraction of sp³-hybridized carbons (Fsp3) is 0.0667. The van der Waals surface area contributed by atoms with Crippen molar-refractivity contribution in [3.8, 4) is 11.5 Å². The van der Waals surface area contributed by atoms with Crippen LogP contribution in [0.2, 0.25) is 0 Å². The van der Waals surface area contributed by atoms with Gasteiger partial charge in [-0.1, -0.05) is 17.7 Å². The lowest BCUT2D eigenvalue weighted by Gasteiger charge is -2.01. The van der Waals surface area contributed by atoms with Gasteiger partial charge in [-0.05, 0) is 42.8 Å². The maximum absolute atomic E-state index is 11.8. The molecule has 0 heterocycles. The normalized spacial score (nSPS) is 10.7. The maximum Gasteiger partial charge on any atom is 0.271 e. The Bertz CT molecular complexity index is 649. The van der Waals surface area contributed by atoms with E-state index < -0.39 is 0 Å². The Labute approximate surface area is 116 Å². The summed E-state index contributed by atoms with van der Waals surface area (Å²) in [7, 11) is 0. The van der Waals surface area contributed by atoms with Gasteiger partial charge < -0.3 is 10.2 Å². The molecule has 3 N–H and O–H groups in total. The second-order valence-electron chi connectivity index (χ2n) is 4.31. The number of hydrazone groups is 1. The first-order valence-corrected chi connectivity index (χ1v) is 5.98. The number of rotatable bonds is 3. The van der Waals surface area contributed by atoms with Crippen molar-refractivity contribution in [3.63, 3.8) is 0 Å². The van der Waals surface area contributed by atoms with Crippen molar-refractivity contribution in [1.29, 1.82) is 0 Å². The van der Waals surface area contributed by atoms with Gasteiger partial charge in [0.1, 0.15) is 0 Å². The highest BCUT2D eigenvalue weighted by atomic mass is 16.3. The van der Waals surface area contributed by atoms with E-state index in [-0.39, 0.29) is 17.4 Å². The Morgan fingerprint density at radius 1 is 1.10 bits per heavy atom. The highest BCUT2D eigenvalue weighted by Gasteiger charge is 2.03. The largest absolute Gasteiger partial charge is 0.504 e. The summed E-state index contributed by atoms with van der Waals surface area (Å²) < 4.78 is 0. The minimum absolute atomic E-state index is 0.203. The molecule has 2 rings (SSSR count). The topological polar surface area (TPSA) is 81.9 Å². The van der Waals surface area contributed by atoms with E-state index in [9.17, 15) is 9.90 Å². The van der Waals surface area contributed by atoms with Crippen LogP contribution in [0.15, 0.2) is 47.6 Å². The molecule has 0 aliphatic carbocycles. The van der Waals surface area contributed by atoms with Crippen molar-refractivity contribution in [1.82, 2.24) is 5.43 Å². The molecule has 2 aromatic rings. The fourth-order valence-corrected chi connectivity index (χ4v) is 1.56. The van der Waals surface area contributed by atoms with Gasteiger partial charge in [-0.25, -0.2) is 5.43 Å². The van der Waals surface area contributed by atoms with Crippen molar-refractivity contribution < 1.29 is 15.0 Å². The molecule has 0 atom stereocenters. The van der Waals surface area contributed by atoms with Gasteiger partial charge >= 0.3 is 0 Å². The summed E-state index contributed by atoms with van der Waals surface area (Å²) in [6.45, 7) is 1.94. The molecule has 102 valence electrons. The van der Waals surface area contributed by atoms with E-state index >= 15 is 0 Å². The maximum atomic E-state index is 11.8. The smallest absolute Gasteiger partial charge is 0.271 e. The van der Waals surface area contributed by atoms with Crippen LogP contribution in [-0.4, -0.2) is 22.3 Å². The third kappa shape index (κ3) is 3.35. The van der Waals surface area contributed by atoms with Crippen molar-refractivity contribution in [2.24, 2.45) is 5.10 Å². The van der Waals surface area contributed by atoms with Crippen molar-refractivity contribution in [2.45, 2.75) is 6.92 Å². The van der Waals surface area contributed by atoms with Crippen LogP contribution in [0.5, 0.6) is 11.5 Å². The summed E-state index contributed by atoms with van der Waals surface area (Å²) in [5, 5.41) is 22.3. The van der Waals surface area contributed by atoms with Crippen LogP contribution in [0.1, 0.15) is 21.5 Å². The highest BCUT2D eigenvalue weighted by Crippen LogP contribution is 2.23. The van der Waals surface area contributed by atoms with Gasteiger partial charge in [-0.2, -0.15) is 5.10 Å². The molecular formula is C15H14N2O3. The first-order chi connectivity index (χ1) is 9.56. The Morgan fingerprint density at radius 2 is 1.80 bits per heavy atom. The van der Waals surface area contributed by atoms with Gasteiger partial charge in [0.2, 0.25) is 0 Å². The number of benzene rings is 2. The van der Waals surface area contributed by atoms with E-state index in [4.69, 9.17) is 5.11 Å². The minimum atomic E-state index is -0.316. The summed E-state index contributed by atoms with van der Waals surface area (Å²) >= 11 is 0. The molecule has 0 bridgehead atoms. The zero-order valence-electron chi connectivity index (χ0n) is 10.9. The number of aromatic hydroxyl groups is 2. The number of amides is 1. The molecule has 1 amide bonds. The van der Waals surface area contributed by atoms with E-state index in [2.05, 4.69) is 10.5 Å². The van der Waals surface area contributed by atoms with Gasteiger partial charge in [0.05, 0.1) is 6.21 Å². The van der Waals surface area contributed by atoms with Crippen LogP contribution in [0.3, 0.4) is 0 Å². The van der Waals surface area contributed by atoms with Crippen molar-refractivity contribution >= 4 is 12.1 Å². The molecule has 0 saturated carbocycles. The Balaban J connectivity index is 2.00. The summed E-state index contributed by atoms with van der Waals surface area (Å²) in [5.41, 5.74) is 4.54. The highest BCUT2D eigenvalue weighted by molar-refractivity contribution is 5.94. The molecule has 0 aliphatic heterocycles. The van der Waals surface area contributed by atoms with Gasteiger partial charge in [0.15, 0.2) is 11.5 Å². The molecule has 0 unspecified atom stereocenters. The number of nitrogens with zero attached hydrogens (tertiary/aromatic N) is 1. The zero-order chi connectivity index (χ0) is 14.5. The summed E-state index contributed by atoms with van der Waals surface area (Å²) in [6.07, 6.45) is 1.38. The van der Waals surface area contributed by atoms with Gasteiger partial charge in [-0.15, -0.1) is 0 Å². The fourth-order valence-electron chi connectivity index (χ4n) is 1.56. The first-order valence-electron chi connectivity index (χ1n) is 5.98. The molecule has 0 saturated heterocycles. The average molecular weight is 270 g/mol. The quantitative estimate of drug-likeness (QED) is 0.454. The lowest BCUT2D eigenvalue weighted by Crippen LogP contribution is -2.17. The van der Waals surface area contributed by atoms with Gasteiger partial charge in [-0.3, -0.25) is 4.79 Å². The molecule has 20 heavy (non-hydrogen) atoms. The second kappa shape index (κ2) is 5.88. The van der Waals surface area contributed by atoms with Crippen molar-refractivity contribution in [3.05, 3.63) is 59.2 Å². The Morgan fingerprint density at radius 3 is 2.45 bits per heavy atom. The van der Waals surface area contributed by atoms with E-state index in [1.165, 1.54) is 18.3 Å². The number of hydrogen-bond acceptors (Lipinski definition) is 4. The third-order valence-corrected chi connectivity index (χ3v) is 2.69. The number of aryl methyl sites for hydroxylation is 1. The van der Waals surface area contributed by atoms with Crippen molar-refractivity contribution in [2.75, 3.05) is 0 Å². The standard InChI is InChI=1S/C15H14N2O3/c1-10-2-5-12(6-3-10)15(20)17-16-9-11-4-7-13(18)14(19)8-11/h2-9,18-19H,1H3,(H,17,20)/b16-9-. The van der Waals surface area contributed by atoms with Crippen LogP contribution < -0.4 is 5.43 Å². The number of hydrogen-bond donors (Lipinski definition) is 3. The molecular weight excluding hydrogens is 256 g/mol. The molecule has 5 heteroatoms. The van der Waals surface area contributed by atoms with E-state index in [0.29, 0.717) is 11.1 Å². The van der Waals surface area contributed by atoms with Crippen LogP contribution in [0.4, 0.5) is 0 Å². The van der Waals surface area contributed by atoms with E-state index in [1.807, 2.05) is 19.1 Å². The molecule has 5 nitrogen and oxygen atoms in total. The van der Waals surface area contributed by atoms with Crippen LogP contribution in [-0.2, 0) is 0 Å². The Kier molecular flexibility index (Phi) is 4.00. The minimum Gasteiger partial charge on any atom is -0.504 e. The van der Waals surface area contributed by atoms with Gasteiger partial charge in [0, 0.05) is 5.56 Å². The zero-order valence-corrected chi connectivity index (χ0v) is 10.9. The SMILES string of the molecule is Cc1ccc(C(=O)N/N=C\c2ccc(O)c(O)c2)cc1. The molecule has 0 radical (unpaired) electrons. The summed E-state index contributed by atoms with van der Waals surface area (Å²) in [6, 6.07) is 11.4. The monoisotopic (exact) mass is 270 g/mol. The van der Waals surface area contributed by atoms with E-state index in [0.717, 1.165) is 5.56 Å². The number of carbonyl (C=O) groups excluding carboxylic acids is 1.